The lowest BCUT2D eigenvalue weighted by atomic mass is 9.69. The summed E-state index contributed by atoms with van der Waals surface area (Å²) in [5.74, 6) is -0.0263. The van der Waals surface area contributed by atoms with Gasteiger partial charge in [-0.3, -0.25) is 14.9 Å². The molecular weight excluding hydrogens is 443 g/mol. The number of carbonyl (C=O) groups excluding carboxylic acids is 3. The molecule has 3 heterocycles. The van der Waals surface area contributed by atoms with Crippen LogP contribution in [0.15, 0.2) is 48.5 Å². The van der Waals surface area contributed by atoms with Crippen molar-refractivity contribution in [1.29, 1.82) is 0 Å². The number of hydrogen-bond acceptors (Lipinski definition) is 5. The fraction of sp³-hybridized carbons (Fsp3) is 0.318. The number of para-hydroxylation sites is 1. The molecule has 2 saturated heterocycles. The van der Waals surface area contributed by atoms with Gasteiger partial charge in [0, 0.05) is 23.7 Å². The first-order valence-corrected chi connectivity index (χ1v) is 11.2. The van der Waals surface area contributed by atoms with Crippen LogP contribution < -0.4 is 15.1 Å². The number of hydrogen-bond donors (Lipinski definition) is 1. The van der Waals surface area contributed by atoms with Gasteiger partial charge in [0.25, 0.3) is 5.91 Å². The average Bonchev–Trinajstić information content (AvgIpc) is 2.77. The lowest BCUT2D eigenvalue weighted by molar-refractivity contribution is -0.144. The van der Waals surface area contributed by atoms with E-state index in [-0.39, 0.29) is 12.1 Å². The summed E-state index contributed by atoms with van der Waals surface area (Å²) in [7, 11) is 0. The van der Waals surface area contributed by atoms with E-state index in [0.29, 0.717) is 12.3 Å². The molecule has 0 aromatic heterocycles. The zero-order valence-electron chi connectivity index (χ0n) is 16.7. The van der Waals surface area contributed by atoms with Crippen molar-refractivity contribution < 1.29 is 27.6 Å². The molecule has 2 aromatic rings. The molecule has 0 bridgehead atoms. The van der Waals surface area contributed by atoms with Crippen LogP contribution in [0.25, 0.3) is 0 Å². The van der Waals surface area contributed by atoms with Crippen LogP contribution in [0.2, 0.25) is 0 Å². The predicted molar refractivity (Wildman–Crippen MR) is 114 cm³/mol. The molecule has 2 atom stereocenters. The van der Waals surface area contributed by atoms with Crippen molar-refractivity contribution in [2.45, 2.75) is 18.6 Å². The topological polar surface area (TPSA) is 69.7 Å². The van der Waals surface area contributed by atoms with Gasteiger partial charge in [0.1, 0.15) is 0 Å². The molecule has 10 heteroatoms. The first-order chi connectivity index (χ1) is 15.2. The second kappa shape index (κ2) is 7.26. The zero-order valence-corrected chi connectivity index (χ0v) is 17.5. The Kier molecular flexibility index (Phi) is 4.74. The molecule has 5 rings (SSSR count). The number of urea groups is 1. The minimum atomic E-state index is -4.54. The Morgan fingerprint density at radius 2 is 1.75 bits per heavy atom. The molecule has 0 unspecified atom stereocenters. The van der Waals surface area contributed by atoms with E-state index in [0.717, 1.165) is 46.2 Å². The van der Waals surface area contributed by atoms with Crippen molar-refractivity contribution in [2.24, 2.45) is 5.41 Å². The van der Waals surface area contributed by atoms with Crippen molar-refractivity contribution in [3.05, 3.63) is 59.7 Å². The van der Waals surface area contributed by atoms with E-state index in [2.05, 4.69) is 5.32 Å². The molecule has 0 aliphatic carbocycles. The number of anilines is 2. The number of barbiturate groups is 1. The third-order valence-electron chi connectivity index (χ3n) is 6.33. The highest BCUT2D eigenvalue weighted by Crippen LogP contribution is 2.47. The molecule has 1 N–H and O–H groups in total. The van der Waals surface area contributed by atoms with Crippen LogP contribution in [-0.2, 0) is 22.2 Å². The quantitative estimate of drug-likeness (QED) is 0.659. The maximum absolute atomic E-state index is 13.9. The number of carbonyl (C=O) groups is 3. The largest absolute Gasteiger partial charge is 0.416 e. The van der Waals surface area contributed by atoms with Crippen LogP contribution in [0.1, 0.15) is 11.1 Å². The molecule has 166 valence electrons. The molecule has 3 aliphatic rings. The van der Waals surface area contributed by atoms with Gasteiger partial charge in [-0.05, 0) is 42.3 Å². The molecule has 3 aliphatic heterocycles. The van der Waals surface area contributed by atoms with E-state index in [1.165, 1.54) is 0 Å². The fourth-order valence-electron chi connectivity index (χ4n) is 4.80. The van der Waals surface area contributed by atoms with Crippen LogP contribution in [-0.4, -0.2) is 41.9 Å². The maximum Gasteiger partial charge on any atom is 0.416 e. The number of nitrogens with zero attached hydrogens (tertiary/aromatic N) is 2. The second-order valence-electron chi connectivity index (χ2n) is 8.01. The van der Waals surface area contributed by atoms with E-state index in [9.17, 15) is 27.6 Å². The van der Waals surface area contributed by atoms with Gasteiger partial charge in [0.05, 0.1) is 17.3 Å². The van der Waals surface area contributed by atoms with Crippen LogP contribution in [0.5, 0.6) is 0 Å². The molecule has 32 heavy (non-hydrogen) atoms. The van der Waals surface area contributed by atoms with Gasteiger partial charge < -0.3 is 4.90 Å². The number of halogens is 3. The van der Waals surface area contributed by atoms with Gasteiger partial charge in [-0.15, -0.1) is 0 Å². The summed E-state index contributed by atoms with van der Waals surface area (Å²) >= 11 is 1.63. The van der Waals surface area contributed by atoms with Gasteiger partial charge in [0.2, 0.25) is 5.91 Å². The lowest BCUT2D eigenvalue weighted by Crippen LogP contribution is -2.73. The van der Waals surface area contributed by atoms with Crippen LogP contribution in [0, 0.1) is 5.41 Å². The van der Waals surface area contributed by atoms with E-state index in [1.54, 1.807) is 11.8 Å². The highest BCUT2D eigenvalue weighted by atomic mass is 32.2. The van der Waals surface area contributed by atoms with Gasteiger partial charge in [-0.1, -0.05) is 18.2 Å². The molecule has 2 fully saturated rings. The summed E-state index contributed by atoms with van der Waals surface area (Å²) in [6, 6.07) is 9.89. The molecule has 0 radical (unpaired) electrons. The van der Waals surface area contributed by atoms with E-state index in [4.69, 9.17) is 0 Å². The zero-order chi connectivity index (χ0) is 22.7. The number of benzene rings is 2. The Morgan fingerprint density at radius 1 is 1.03 bits per heavy atom. The summed E-state index contributed by atoms with van der Waals surface area (Å²) in [4.78, 5) is 42.6. The second-order valence-corrected chi connectivity index (χ2v) is 9.16. The molecule has 1 spiro atoms. The Hall–Kier alpha value is -3.01. The smallest absolute Gasteiger partial charge is 0.365 e. The predicted octanol–water partition coefficient (Wildman–Crippen LogP) is 3.45. The summed E-state index contributed by atoms with van der Waals surface area (Å²) in [5.41, 5.74) is -0.680. The summed E-state index contributed by atoms with van der Waals surface area (Å²) < 4.78 is 38.9. The Labute approximate surface area is 185 Å². The van der Waals surface area contributed by atoms with E-state index >= 15 is 0 Å². The lowest BCUT2D eigenvalue weighted by Gasteiger charge is -2.53. The third-order valence-corrected chi connectivity index (χ3v) is 7.36. The van der Waals surface area contributed by atoms with Crippen LogP contribution in [0.4, 0.5) is 29.3 Å². The highest BCUT2D eigenvalue weighted by Gasteiger charge is 2.62. The van der Waals surface area contributed by atoms with Crippen molar-refractivity contribution in [1.82, 2.24) is 5.32 Å². The molecule has 0 saturated carbocycles. The normalized spacial score (nSPS) is 25.5. The van der Waals surface area contributed by atoms with Crippen molar-refractivity contribution in [3.8, 4) is 0 Å². The number of rotatable bonds is 1. The van der Waals surface area contributed by atoms with Gasteiger partial charge in [-0.25, -0.2) is 9.69 Å². The minimum Gasteiger partial charge on any atom is -0.365 e. The maximum atomic E-state index is 13.9. The highest BCUT2D eigenvalue weighted by molar-refractivity contribution is 7.99. The fourth-order valence-corrected chi connectivity index (χ4v) is 5.98. The van der Waals surface area contributed by atoms with E-state index < -0.39 is 41.0 Å². The van der Waals surface area contributed by atoms with Gasteiger partial charge >= 0.3 is 12.2 Å². The molecule has 2 aromatic carbocycles. The molecular formula is C22H18F3N3O3S. The Bertz CT molecular complexity index is 1120. The van der Waals surface area contributed by atoms with Gasteiger partial charge in [-0.2, -0.15) is 24.9 Å². The van der Waals surface area contributed by atoms with Gasteiger partial charge in [0.15, 0.2) is 5.41 Å². The Balaban J connectivity index is 1.60. The Morgan fingerprint density at radius 3 is 2.47 bits per heavy atom. The number of amides is 4. The average molecular weight is 461 g/mol. The monoisotopic (exact) mass is 461 g/mol. The first-order valence-electron chi connectivity index (χ1n) is 10.0. The standard InChI is InChI=1S/C22H18F3N3O3S/c23-22(24,25)14-5-7-15(8-6-14)28-19(30)21(18(29)26-20(28)31)11-13-3-1-2-4-16(13)27-9-10-32-12-17(21)27/h1-8,17H,9-12H2,(H,26,29,31)/t17-,21-/m1/s1. The third kappa shape index (κ3) is 3.00. The van der Waals surface area contributed by atoms with Crippen molar-refractivity contribution in [3.63, 3.8) is 0 Å². The van der Waals surface area contributed by atoms with Crippen LogP contribution >= 0.6 is 11.8 Å². The number of alkyl halides is 3. The minimum absolute atomic E-state index is 0.0127. The number of thioether (sulfide) groups is 1. The number of imide groups is 2. The van der Waals surface area contributed by atoms with Crippen molar-refractivity contribution in [2.75, 3.05) is 27.9 Å². The SMILES string of the molecule is O=C1NC(=O)[C@]2(Cc3ccccc3N3CCSC[C@@H]32)C(=O)N1c1ccc(C(F)(F)F)cc1. The molecule has 4 amide bonds. The van der Waals surface area contributed by atoms with E-state index in [1.807, 2.05) is 29.2 Å². The number of nitrogens with one attached hydrogen (secondary N) is 1. The summed E-state index contributed by atoms with van der Waals surface area (Å²) in [6.07, 6.45) is -4.43. The number of fused-ring (bicyclic) bond motifs is 4. The summed E-state index contributed by atoms with van der Waals surface area (Å²) in [6.45, 7) is 0.642. The summed E-state index contributed by atoms with van der Waals surface area (Å²) in [5, 5.41) is 2.30. The van der Waals surface area contributed by atoms with Crippen LogP contribution in [0.3, 0.4) is 0 Å². The first kappa shape index (κ1) is 20.9. The van der Waals surface area contributed by atoms with Crippen molar-refractivity contribution >= 4 is 41.0 Å². The molecule has 6 nitrogen and oxygen atoms in total.